The van der Waals surface area contributed by atoms with E-state index in [4.69, 9.17) is 5.73 Å². The van der Waals surface area contributed by atoms with Crippen molar-refractivity contribution in [1.82, 2.24) is 4.90 Å². The van der Waals surface area contributed by atoms with Crippen LogP contribution in [0.15, 0.2) is 0 Å². The summed E-state index contributed by atoms with van der Waals surface area (Å²) < 4.78 is 0. The van der Waals surface area contributed by atoms with Crippen LogP contribution in [0.25, 0.3) is 0 Å². The lowest BCUT2D eigenvalue weighted by Gasteiger charge is -2.41. The van der Waals surface area contributed by atoms with Gasteiger partial charge >= 0.3 is 0 Å². The molecule has 1 aliphatic rings. The summed E-state index contributed by atoms with van der Waals surface area (Å²) in [5, 5.41) is 0. The molecule has 2 nitrogen and oxygen atoms in total. The second kappa shape index (κ2) is 5.72. The van der Waals surface area contributed by atoms with Crippen molar-refractivity contribution in [3.8, 4) is 0 Å². The predicted octanol–water partition coefficient (Wildman–Crippen LogP) is 2.38. The van der Waals surface area contributed by atoms with Gasteiger partial charge in [-0.3, -0.25) is 4.90 Å². The van der Waals surface area contributed by atoms with Crippen molar-refractivity contribution in [3.63, 3.8) is 0 Å². The Morgan fingerprint density at radius 1 is 1.07 bits per heavy atom. The van der Waals surface area contributed by atoms with Crippen LogP contribution < -0.4 is 5.73 Å². The minimum atomic E-state index is 0.333. The fourth-order valence-corrected chi connectivity index (χ4v) is 2.90. The SMILES string of the molecule is CCCC(CN)(CCC)N1CCCC1. The van der Waals surface area contributed by atoms with E-state index in [-0.39, 0.29) is 0 Å². The highest BCUT2D eigenvalue weighted by molar-refractivity contribution is 4.93. The minimum absolute atomic E-state index is 0.333. The highest BCUT2D eigenvalue weighted by Gasteiger charge is 2.34. The summed E-state index contributed by atoms with van der Waals surface area (Å²) in [5.41, 5.74) is 6.35. The summed E-state index contributed by atoms with van der Waals surface area (Å²) in [5.74, 6) is 0. The molecule has 1 fully saturated rings. The van der Waals surface area contributed by atoms with E-state index < -0.39 is 0 Å². The molecule has 0 aromatic rings. The van der Waals surface area contributed by atoms with Crippen LogP contribution >= 0.6 is 0 Å². The molecule has 0 saturated carbocycles. The van der Waals surface area contributed by atoms with E-state index in [0.717, 1.165) is 6.54 Å². The molecule has 2 N–H and O–H groups in total. The lowest BCUT2D eigenvalue weighted by Crippen LogP contribution is -2.52. The van der Waals surface area contributed by atoms with Gasteiger partial charge in [0.1, 0.15) is 0 Å². The van der Waals surface area contributed by atoms with Crippen LogP contribution in [0, 0.1) is 0 Å². The summed E-state index contributed by atoms with van der Waals surface area (Å²) >= 11 is 0. The normalized spacial score (nSPS) is 19.1. The number of nitrogens with two attached hydrogens (primary N) is 1. The third-order valence-corrected chi connectivity index (χ3v) is 3.59. The third-order valence-electron chi connectivity index (χ3n) is 3.59. The Kier molecular flexibility index (Phi) is 4.90. The molecule has 2 heteroatoms. The molecular formula is C12H26N2. The largest absolute Gasteiger partial charge is 0.329 e. The summed E-state index contributed by atoms with van der Waals surface area (Å²) in [6, 6.07) is 0. The number of hydrogen-bond acceptors (Lipinski definition) is 2. The molecule has 84 valence electrons. The predicted molar refractivity (Wildman–Crippen MR) is 62.4 cm³/mol. The molecule has 1 rings (SSSR count). The first kappa shape index (κ1) is 12.0. The van der Waals surface area contributed by atoms with E-state index in [0.29, 0.717) is 5.54 Å². The molecule has 0 amide bonds. The van der Waals surface area contributed by atoms with E-state index in [9.17, 15) is 0 Å². The number of nitrogens with zero attached hydrogens (tertiary/aromatic N) is 1. The zero-order chi connectivity index (χ0) is 10.4. The molecule has 0 radical (unpaired) electrons. The van der Waals surface area contributed by atoms with E-state index >= 15 is 0 Å². The Morgan fingerprint density at radius 3 is 1.93 bits per heavy atom. The van der Waals surface area contributed by atoms with Crippen molar-refractivity contribution in [3.05, 3.63) is 0 Å². The van der Waals surface area contributed by atoms with Gasteiger partial charge < -0.3 is 5.73 Å². The average molecular weight is 198 g/mol. The van der Waals surface area contributed by atoms with Gasteiger partial charge in [-0.1, -0.05) is 26.7 Å². The molecular weight excluding hydrogens is 172 g/mol. The monoisotopic (exact) mass is 198 g/mol. The summed E-state index contributed by atoms with van der Waals surface area (Å²) in [6.07, 6.45) is 7.81. The maximum absolute atomic E-state index is 6.02. The van der Waals surface area contributed by atoms with Crippen LogP contribution in [0.5, 0.6) is 0 Å². The molecule has 0 unspecified atom stereocenters. The fourth-order valence-electron chi connectivity index (χ4n) is 2.90. The molecule has 1 saturated heterocycles. The molecule has 0 bridgehead atoms. The molecule has 14 heavy (non-hydrogen) atoms. The van der Waals surface area contributed by atoms with Crippen LogP contribution in [0.2, 0.25) is 0 Å². The van der Waals surface area contributed by atoms with Crippen molar-refractivity contribution in [2.24, 2.45) is 5.73 Å². The number of rotatable bonds is 6. The second-order valence-electron chi connectivity index (χ2n) is 4.62. The average Bonchev–Trinajstić information content (AvgIpc) is 2.70. The standard InChI is InChI=1S/C12H26N2/c1-3-7-12(11-13,8-4-2)14-9-5-6-10-14/h3-11,13H2,1-2H3. The molecule has 1 heterocycles. The first-order valence-corrected chi connectivity index (χ1v) is 6.24. The van der Waals surface area contributed by atoms with Gasteiger partial charge in [0.25, 0.3) is 0 Å². The Balaban J connectivity index is 2.64. The van der Waals surface area contributed by atoms with Gasteiger partial charge in [-0.25, -0.2) is 0 Å². The van der Waals surface area contributed by atoms with Crippen molar-refractivity contribution in [2.45, 2.75) is 57.9 Å². The van der Waals surface area contributed by atoms with Crippen LogP contribution in [0.3, 0.4) is 0 Å². The maximum Gasteiger partial charge on any atom is 0.0331 e. The Bertz CT molecular complexity index is 144. The van der Waals surface area contributed by atoms with E-state index in [1.807, 2.05) is 0 Å². The molecule has 0 aromatic heterocycles. The fraction of sp³-hybridized carbons (Fsp3) is 1.00. The van der Waals surface area contributed by atoms with Gasteiger partial charge in [0.2, 0.25) is 0 Å². The zero-order valence-corrected chi connectivity index (χ0v) is 9.89. The Morgan fingerprint density at radius 2 is 1.57 bits per heavy atom. The van der Waals surface area contributed by atoms with Crippen LogP contribution in [0.4, 0.5) is 0 Å². The van der Waals surface area contributed by atoms with Gasteiger partial charge in [0.15, 0.2) is 0 Å². The molecule has 0 atom stereocenters. The Labute approximate surface area is 88.8 Å². The second-order valence-corrected chi connectivity index (χ2v) is 4.62. The molecule has 1 aliphatic heterocycles. The zero-order valence-electron chi connectivity index (χ0n) is 9.89. The van der Waals surface area contributed by atoms with Gasteiger partial charge in [0.05, 0.1) is 0 Å². The molecule has 0 aliphatic carbocycles. The van der Waals surface area contributed by atoms with Crippen molar-refractivity contribution in [2.75, 3.05) is 19.6 Å². The smallest absolute Gasteiger partial charge is 0.0331 e. The number of likely N-dealkylation sites (tertiary alicyclic amines) is 1. The van der Waals surface area contributed by atoms with Crippen LogP contribution in [-0.2, 0) is 0 Å². The van der Waals surface area contributed by atoms with E-state index in [2.05, 4.69) is 18.7 Å². The third kappa shape index (κ3) is 2.48. The quantitative estimate of drug-likeness (QED) is 0.710. The summed E-state index contributed by atoms with van der Waals surface area (Å²) in [4.78, 5) is 2.65. The lowest BCUT2D eigenvalue weighted by atomic mass is 9.87. The van der Waals surface area contributed by atoms with Crippen LogP contribution in [0.1, 0.15) is 52.4 Å². The van der Waals surface area contributed by atoms with E-state index in [1.165, 1.54) is 51.6 Å². The van der Waals surface area contributed by atoms with Crippen molar-refractivity contribution >= 4 is 0 Å². The first-order valence-electron chi connectivity index (χ1n) is 6.24. The van der Waals surface area contributed by atoms with Gasteiger partial charge in [0, 0.05) is 12.1 Å². The van der Waals surface area contributed by atoms with E-state index in [1.54, 1.807) is 0 Å². The van der Waals surface area contributed by atoms with Crippen molar-refractivity contribution < 1.29 is 0 Å². The molecule has 0 spiro atoms. The Hall–Kier alpha value is -0.0800. The highest BCUT2D eigenvalue weighted by atomic mass is 15.2. The highest BCUT2D eigenvalue weighted by Crippen LogP contribution is 2.29. The first-order chi connectivity index (χ1) is 6.79. The van der Waals surface area contributed by atoms with Gasteiger partial charge in [-0.2, -0.15) is 0 Å². The minimum Gasteiger partial charge on any atom is -0.329 e. The summed E-state index contributed by atoms with van der Waals surface area (Å²) in [7, 11) is 0. The lowest BCUT2D eigenvalue weighted by molar-refractivity contribution is 0.101. The maximum atomic E-state index is 6.02. The summed E-state index contributed by atoms with van der Waals surface area (Å²) in [6.45, 7) is 7.94. The van der Waals surface area contributed by atoms with Crippen molar-refractivity contribution in [1.29, 1.82) is 0 Å². The van der Waals surface area contributed by atoms with Gasteiger partial charge in [-0.05, 0) is 38.8 Å². The van der Waals surface area contributed by atoms with Crippen LogP contribution in [-0.4, -0.2) is 30.1 Å². The molecule has 0 aromatic carbocycles. The topological polar surface area (TPSA) is 29.3 Å². The number of hydrogen-bond donors (Lipinski definition) is 1. The van der Waals surface area contributed by atoms with Gasteiger partial charge in [-0.15, -0.1) is 0 Å².